The van der Waals surface area contributed by atoms with Crippen LogP contribution in [-0.2, 0) is 0 Å². The molecule has 4 aromatic rings. The van der Waals surface area contributed by atoms with E-state index >= 15 is 0 Å². The third kappa shape index (κ3) is 2.02. The van der Waals surface area contributed by atoms with Gasteiger partial charge in [0.25, 0.3) is 0 Å². The lowest BCUT2D eigenvalue weighted by molar-refractivity contribution is 0.654. The highest BCUT2D eigenvalue weighted by molar-refractivity contribution is 6.31. The fraction of sp³-hybridized carbons (Fsp3) is 0. The van der Waals surface area contributed by atoms with Gasteiger partial charge in [-0.15, -0.1) is 0 Å². The molecule has 0 spiro atoms. The van der Waals surface area contributed by atoms with Crippen LogP contribution in [0, 0.1) is 0 Å². The van der Waals surface area contributed by atoms with Crippen LogP contribution >= 0.6 is 23.2 Å². The molecule has 3 aromatic heterocycles. The van der Waals surface area contributed by atoms with Crippen LogP contribution in [0.1, 0.15) is 0 Å². The molecule has 5 nitrogen and oxygen atoms in total. The van der Waals surface area contributed by atoms with Gasteiger partial charge in [0.1, 0.15) is 5.58 Å². The van der Waals surface area contributed by atoms with Gasteiger partial charge in [0.2, 0.25) is 16.3 Å². The van der Waals surface area contributed by atoms with Crippen molar-refractivity contribution in [2.24, 2.45) is 0 Å². The number of furan rings is 1. The van der Waals surface area contributed by atoms with Gasteiger partial charge >= 0.3 is 0 Å². The van der Waals surface area contributed by atoms with E-state index in [-0.39, 0.29) is 10.6 Å². The second kappa shape index (κ2) is 4.65. The number of benzene rings is 1. The molecule has 0 atom stereocenters. The molecule has 0 fully saturated rings. The summed E-state index contributed by atoms with van der Waals surface area (Å²) in [5.41, 5.74) is 1.90. The number of fused-ring (bicyclic) bond motifs is 3. The summed E-state index contributed by atoms with van der Waals surface area (Å²) in [6.45, 7) is 0. The zero-order valence-corrected chi connectivity index (χ0v) is 11.9. The van der Waals surface area contributed by atoms with Gasteiger partial charge in [-0.3, -0.25) is 0 Å². The molecule has 0 N–H and O–H groups in total. The molecule has 3 heterocycles. The molecule has 0 aliphatic carbocycles. The van der Waals surface area contributed by atoms with Gasteiger partial charge in [-0.05, 0) is 41.4 Å². The summed E-state index contributed by atoms with van der Waals surface area (Å²) in [5, 5.41) is 1.94. The predicted octanol–water partition coefficient (Wildman–Crippen LogP) is 4.14. The molecule has 0 amide bonds. The second-order valence-electron chi connectivity index (χ2n) is 4.34. The standard InChI is InChI=1S/C14H6Cl2N4O/c15-13-18-11(19-14(16)20-13)9-4-1-3-7-8-5-2-6-17-12(8)21-10(7)9/h1-6H. The Morgan fingerprint density at radius 2 is 1.62 bits per heavy atom. The van der Waals surface area contributed by atoms with Crippen molar-refractivity contribution < 1.29 is 4.42 Å². The predicted molar refractivity (Wildman–Crippen MR) is 80.4 cm³/mol. The van der Waals surface area contributed by atoms with Gasteiger partial charge in [-0.1, -0.05) is 12.1 Å². The van der Waals surface area contributed by atoms with E-state index in [0.717, 1.165) is 10.8 Å². The highest BCUT2D eigenvalue weighted by Gasteiger charge is 2.15. The molecule has 0 aliphatic heterocycles. The monoisotopic (exact) mass is 316 g/mol. The van der Waals surface area contributed by atoms with E-state index in [1.54, 1.807) is 6.20 Å². The molecule has 0 bridgehead atoms. The van der Waals surface area contributed by atoms with E-state index in [0.29, 0.717) is 22.7 Å². The number of pyridine rings is 1. The third-order valence-electron chi connectivity index (χ3n) is 3.10. The zero-order chi connectivity index (χ0) is 14.4. The van der Waals surface area contributed by atoms with Crippen LogP contribution in [0.25, 0.3) is 33.5 Å². The smallest absolute Gasteiger partial charge is 0.227 e. The Balaban J connectivity index is 2.09. The Hall–Kier alpha value is -2.24. The fourth-order valence-electron chi connectivity index (χ4n) is 2.26. The lowest BCUT2D eigenvalue weighted by Gasteiger charge is -2.01. The van der Waals surface area contributed by atoms with Crippen LogP contribution in [-0.4, -0.2) is 19.9 Å². The van der Waals surface area contributed by atoms with Gasteiger partial charge in [0.05, 0.1) is 5.56 Å². The summed E-state index contributed by atoms with van der Waals surface area (Å²) in [5.74, 6) is 0.365. The molecule has 4 rings (SSSR count). The largest absolute Gasteiger partial charge is 0.437 e. The molecule has 21 heavy (non-hydrogen) atoms. The van der Waals surface area contributed by atoms with Crippen LogP contribution in [0.5, 0.6) is 0 Å². The molecule has 102 valence electrons. The lowest BCUT2D eigenvalue weighted by atomic mass is 10.1. The number of halogens is 2. The Morgan fingerprint density at radius 3 is 2.43 bits per heavy atom. The van der Waals surface area contributed by atoms with Gasteiger partial charge in [0, 0.05) is 17.0 Å². The number of hydrogen-bond donors (Lipinski definition) is 0. The maximum Gasteiger partial charge on any atom is 0.227 e. The van der Waals surface area contributed by atoms with E-state index in [2.05, 4.69) is 19.9 Å². The van der Waals surface area contributed by atoms with Crippen molar-refractivity contribution in [3.05, 3.63) is 47.1 Å². The van der Waals surface area contributed by atoms with Gasteiger partial charge in [-0.25, -0.2) is 4.98 Å². The Morgan fingerprint density at radius 1 is 0.857 bits per heavy atom. The van der Waals surface area contributed by atoms with E-state index in [1.165, 1.54) is 0 Å². The van der Waals surface area contributed by atoms with Gasteiger partial charge in [-0.2, -0.15) is 15.0 Å². The third-order valence-corrected chi connectivity index (χ3v) is 3.43. The van der Waals surface area contributed by atoms with E-state index in [9.17, 15) is 0 Å². The number of nitrogens with zero attached hydrogens (tertiary/aromatic N) is 4. The van der Waals surface area contributed by atoms with Crippen LogP contribution < -0.4 is 0 Å². The summed E-state index contributed by atoms with van der Waals surface area (Å²) < 4.78 is 5.82. The molecular weight excluding hydrogens is 311 g/mol. The zero-order valence-electron chi connectivity index (χ0n) is 10.4. The molecule has 0 unspecified atom stereocenters. The van der Waals surface area contributed by atoms with Crippen molar-refractivity contribution in [2.45, 2.75) is 0 Å². The first kappa shape index (κ1) is 12.5. The first-order valence-corrected chi connectivity index (χ1v) is 6.81. The van der Waals surface area contributed by atoms with Crippen LogP contribution in [0.4, 0.5) is 0 Å². The van der Waals surface area contributed by atoms with Crippen molar-refractivity contribution in [3.8, 4) is 11.4 Å². The Kier molecular flexibility index (Phi) is 2.77. The highest BCUT2D eigenvalue weighted by atomic mass is 35.5. The summed E-state index contributed by atoms with van der Waals surface area (Å²) in [4.78, 5) is 16.2. The average Bonchev–Trinajstić information content (AvgIpc) is 2.84. The highest BCUT2D eigenvalue weighted by Crippen LogP contribution is 2.33. The normalized spacial score (nSPS) is 11.3. The second-order valence-corrected chi connectivity index (χ2v) is 5.01. The van der Waals surface area contributed by atoms with Crippen molar-refractivity contribution >= 4 is 45.3 Å². The molecule has 0 saturated carbocycles. The molecule has 0 aliphatic rings. The summed E-state index contributed by atoms with van der Waals surface area (Å²) in [6, 6.07) is 9.50. The van der Waals surface area contributed by atoms with E-state index in [1.807, 2.05) is 30.3 Å². The van der Waals surface area contributed by atoms with Crippen LogP contribution in [0.3, 0.4) is 0 Å². The lowest BCUT2D eigenvalue weighted by Crippen LogP contribution is -1.93. The van der Waals surface area contributed by atoms with Crippen LogP contribution in [0.2, 0.25) is 10.6 Å². The number of rotatable bonds is 1. The number of para-hydroxylation sites is 1. The molecule has 7 heteroatoms. The first-order valence-electron chi connectivity index (χ1n) is 6.06. The van der Waals surface area contributed by atoms with E-state index < -0.39 is 0 Å². The summed E-state index contributed by atoms with van der Waals surface area (Å²) in [7, 11) is 0. The van der Waals surface area contributed by atoms with Gasteiger partial charge in [0.15, 0.2) is 5.82 Å². The molecule has 0 radical (unpaired) electrons. The maximum atomic E-state index is 5.84. The SMILES string of the molecule is Clc1nc(Cl)nc(-c2cccc3c2oc2ncccc23)n1. The van der Waals surface area contributed by atoms with Crippen molar-refractivity contribution in [2.75, 3.05) is 0 Å². The Labute approximate surface area is 128 Å². The van der Waals surface area contributed by atoms with E-state index in [4.69, 9.17) is 27.6 Å². The first-order chi connectivity index (χ1) is 10.2. The number of hydrogen-bond acceptors (Lipinski definition) is 5. The van der Waals surface area contributed by atoms with Gasteiger partial charge < -0.3 is 4.42 Å². The molecule has 0 saturated heterocycles. The summed E-state index contributed by atoms with van der Waals surface area (Å²) in [6.07, 6.45) is 1.68. The molecule has 1 aromatic carbocycles. The van der Waals surface area contributed by atoms with Crippen molar-refractivity contribution in [1.29, 1.82) is 0 Å². The van der Waals surface area contributed by atoms with Crippen LogP contribution in [0.15, 0.2) is 40.9 Å². The minimum atomic E-state index is 0.0382. The van der Waals surface area contributed by atoms with Crippen molar-refractivity contribution in [3.63, 3.8) is 0 Å². The topological polar surface area (TPSA) is 64.7 Å². The summed E-state index contributed by atoms with van der Waals surface area (Å²) >= 11 is 11.7. The molecular formula is C14H6Cl2N4O. The Bertz CT molecular complexity index is 963. The maximum absolute atomic E-state index is 5.84. The quantitative estimate of drug-likeness (QED) is 0.528. The minimum absolute atomic E-state index is 0.0382. The van der Waals surface area contributed by atoms with Crippen molar-refractivity contribution in [1.82, 2.24) is 19.9 Å². The minimum Gasteiger partial charge on any atom is -0.437 e. The fourth-order valence-corrected chi connectivity index (χ4v) is 2.62. The number of aromatic nitrogens is 4. The average molecular weight is 317 g/mol.